The second-order valence-electron chi connectivity index (χ2n) is 15.0. The topological polar surface area (TPSA) is 175 Å². The smallest absolute Gasteiger partial charge is 0.407 e. The molecule has 0 saturated carbocycles. The molecule has 4 aromatic rings. The third kappa shape index (κ3) is 8.72. The molecular formula is C41H52N8O6S. The molecule has 14 nitrogen and oxygen atoms in total. The number of hydrogen-bond acceptors (Lipinski definition) is 9. The van der Waals surface area contributed by atoms with Crippen LogP contribution in [0.15, 0.2) is 60.9 Å². The Hall–Kier alpha value is -5.31. The summed E-state index contributed by atoms with van der Waals surface area (Å²) in [7, 11) is 2.58. The minimum absolute atomic E-state index is 0.106. The van der Waals surface area contributed by atoms with Crippen LogP contribution < -0.4 is 10.6 Å². The van der Waals surface area contributed by atoms with Gasteiger partial charge in [-0.3, -0.25) is 9.59 Å². The standard InChI is InChI=1S/C41H52N8O6S/c1-23(2)34(46-40(52)54-5)38(50)48-18-8-9-32(48)36-42-20-30(44-36)27-14-10-25(11-15-27)26-12-16-28(17-13-26)31-21-43-37(45-31)33-19-29(56-7)22-49(33)39(51)35(24(3)4)47-41(53)55-6/h10-17,20-21,23-24,29,32-35H,8-9,18-19,22H2,1-7H3,(H,42,44)(H,43,45)(H,46,52)(H,47,53)/t29-,32-,33-,34-,35-/m0/s1. The number of imidazole rings is 2. The van der Waals surface area contributed by atoms with Crippen molar-refractivity contribution < 1.29 is 28.7 Å². The number of thioether (sulfide) groups is 1. The van der Waals surface area contributed by atoms with E-state index in [1.54, 1.807) is 22.9 Å². The molecule has 4 N–H and O–H groups in total. The van der Waals surface area contributed by atoms with Crippen LogP contribution in [0.3, 0.4) is 0 Å². The summed E-state index contributed by atoms with van der Waals surface area (Å²) in [5.41, 5.74) is 5.76. The molecule has 0 bridgehead atoms. The van der Waals surface area contributed by atoms with Gasteiger partial charge >= 0.3 is 12.2 Å². The average molecular weight is 785 g/mol. The molecule has 4 heterocycles. The first-order valence-electron chi connectivity index (χ1n) is 19.1. The maximum Gasteiger partial charge on any atom is 0.407 e. The number of likely N-dealkylation sites (tertiary alicyclic amines) is 2. The normalized spacial score (nSPS) is 19.3. The van der Waals surface area contributed by atoms with Crippen molar-refractivity contribution in [3.8, 4) is 33.6 Å². The second kappa shape index (κ2) is 17.7. The van der Waals surface area contributed by atoms with Gasteiger partial charge in [-0.2, -0.15) is 11.8 Å². The lowest BCUT2D eigenvalue weighted by Crippen LogP contribution is -2.51. The Balaban J connectivity index is 1.12. The number of aromatic amines is 2. The summed E-state index contributed by atoms with van der Waals surface area (Å²) in [6, 6.07) is 14.7. The highest BCUT2D eigenvalue weighted by molar-refractivity contribution is 7.99. The molecular weight excluding hydrogens is 733 g/mol. The van der Waals surface area contributed by atoms with Crippen molar-refractivity contribution in [1.82, 2.24) is 40.4 Å². The lowest BCUT2D eigenvalue weighted by Gasteiger charge is -2.30. The van der Waals surface area contributed by atoms with Gasteiger partial charge < -0.3 is 39.9 Å². The zero-order chi connectivity index (χ0) is 40.1. The molecule has 6 rings (SSSR count). The van der Waals surface area contributed by atoms with Crippen LogP contribution in [-0.4, -0.2) is 105 Å². The molecule has 298 valence electrons. The van der Waals surface area contributed by atoms with E-state index in [4.69, 9.17) is 14.5 Å². The Kier molecular flexibility index (Phi) is 12.7. The van der Waals surface area contributed by atoms with Gasteiger partial charge in [0.25, 0.3) is 0 Å². The average Bonchev–Trinajstić information content (AvgIpc) is 4.04. The number of amides is 4. The van der Waals surface area contributed by atoms with Gasteiger partial charge in [0.2, 0.25) is 11.8 Å². The molecule has 2 aliphatic rings. The third-order valence-corrected chi connectivity index (χ3v) is 11.8. The molecule has 2 fully saturated rings. The molecule has 0 aliphatic carbocycles. The summed E-state index contributed by atoms with van der Waals surface area (Å²) in [4.78, 5) is 71.3. The molecule has 2 aliphatic heterocycles. The van der Waals surface area contributed by atoms with Gasteiger partial charge in [0.15, 0.2) is 0 Å². The van der Waals surface area contributed by atoms with Crippen molar-refractivity contribution in [2.75, 3.05) is 33.6 Å². The van der Waals surface area contributed by atoms with E-state index >= 15 is 0 Å². The highest BCUT2D eigenvalue weighted by atomic mass is 32.2. The largest absolute Gasteiger partial charge is 0.453 e. The number of nitrogens with zero attached hydrogens (tertiary/aromatic N) is 4. The number of carbonyl (C=O) groups excluding carboxylic acids is 4. The Bertz CT molecular complexity index is 1990. The predicted molar refractivity (Wildman–Crippen MR) is 215 cm³/mol. The van der Waals surface area contributed by atoms with Gasteiger partial charge in [0.05, 0.1) is 50.1 Å². The molecule has 2 saturated heterocycles. The first kappa shape index (κ1) is 40.4. The number of H-pyrrole nitrogens is 2. The fourth-order valence-corrected chi connectivity index (χ4v) is 8.22. The number of ether oxygens (including phenoxy) is 2. The van der Waals surface area contributed by atoms with E-state index < -0.39 is 24.3 Å². The van der Waals surface area contributed by atoms with Gasteiger partial charge in [-0.05, 0) is 59.6 Å². The van der Waals surface area contributed by atoms with Gasteiger partial charge in [-0.1, -0.05) is 76.2 Å². The summed E-state index contributed by atoms with van der Waals surface area (Å²) in [6.45, 7) is 8.77. The van der Waals surface area contributed by atoms with E-state index in [1.807, 2.05) is 45.0 Å². The maximum absolute atomic E-state index is 13.8. The Labute approximate surface area is 331 Å². The quantitative estimate of drug-likeness (QED) is 0.124. The molecule has 0 radical (unpaired) electrons. The Morgan fingerprint density at radius 2 is 1.16 bits per heavy atom. The Morgan fingerprint density at radius 1 is 0.714 bits per heavy atom. The van der Waals surface area contributed by atoms with Crippen LogP contribution in [0.2, 0.25) is 0 Å². The predicted octanol–water partition coefficient (Wildman–Crippen LogP) is 6.56. The van der Waals surface area contributed by atoms with Crippen LogP contribution in [0.25, 0.3) is 33.6 Å². The van der Waals surface area contributed by atoms with E-state index in [-0.39, 0.29) is 41.0 Å². The zero-order valence-electron chi connectivity index (χ0n) is 33.0. The van der Waals surface area contributed by atoms with Crippen molar-refractivity contribution >= 4 is 35.8 Å². The van der Waals surface area contributed by atoms with Crippen molar-refractivity contribution in [3.63, 3.8) is 0 Å². The number of alkyl carbamates (subject to hydrolysis) is 2. The first-order valence-corrected chi connectivity index (χ1v) is 20.3. The van der Waals surface area contributed by atoms with Gasteiger partial charge in [-0.15, -0.1) is 0 Å². The van der Waals surface area contributed by atoms with Crippen LogP contribution in [-0.2, 0) is 19.1 Å². The molecule has 15 heteroatoms. The minimum atomic E-state index is -0.708. The zero-order valence-corrected chi connectivity index (χ0v) is 33.8. The van der Waals surface area contributed by atoms with Crippen LogP contribution in [0.1, 0.15) is 70.7 Å². The first-order chi connectivity index (χ1) is 26.9. The summed E-state index contributed by atoms with van der Waals surface area (Å²) >= 11 is 1.72. The number of aromatic nitrogens is 4. The summed E-state index contributed by atoms with van der Waals surface area (Å²) in [6.07, 6.45) is 6.78. The number of benzene rings is 2. The van der Waals surface area contributed by atoms with Crippen LogP contribution in [0.4, 0.5) is 9.59 Å². The highest BCUT2D eigenvalue weighted by Crippen LogP contribution is 2.38. The molecule has 5 atom stereocenters. The SMILES string of the molecule is COC(=O)N[C@H](C(=O)N1CCC[C@H]1c1ncc(-c2ccc(-c3ccc(-c4cnc([C@@H]5C[C@H](SC)CN5C(=O)[C@@H](NC(=O)OC)C(C)C)[nH]4)cc3)cc2)[nH]1)C(C)C. The fraction of sp³-hybridized carbons (Fsp3) is 0.463. The summed E-state index contributed by atoms with van der Waals surface area (Å²) in [5, 5.41) is 5.66. The molecule has 2 aromatic carbocycles. The van der Waals surface area contributed by atoms with Crippen molar-refractivity contribution in [1.29, 1.82) is 0 Å². The van der Waals surface area contributed by atoms with Crippen LogP contribution in [0.5, 0.6) is 0 Å². The van der Waals surface area contributed by atoms with Crippen LogP contribution >= 0.6 is 11.8 Å². The van der Waals surface area contributed by atoms with E-state index in [2.05, 4.69) is 74.1 Å². The van der Waals surface area contributed by atoms with Gasteiger partial charge in [0, 0.05) is 18.3 Å². The monoisotopic (exact) mass is 784 g/mol. The molecule has 0 spiro atoms. The number of rotatable bonds is 12. The molecule has 2 aromatic heterocycles. The third-order valence-electron chi connectivity index (χ3n) is 10.7. The van der Waals surface area contributed by atoms with Crippen LogP contribution in [0, 0.1) is 11.8 Å². The maximum atomic E-state index is 13.8. The van der Waals surface area contributed by atoms with Gasteiger partial charge in [0.1, 0.15) is 23.7 Å². The van der Waals surface area contributed by atoms with Crippen molar-refractivity contribution in [3.05, 3.63) is 72.6 Å². The number of hydrogen-bond donors (Lipinski definition) is 4. The van der Waals surface area contributed by atoms with Crippen molar-refractivity contribution in [2.45, 2.75) is 76.4 Å². The second-order valence-corrected chi connectivity index (χ2v) is 16.2. The van der Waals surface area contributed by atoms with E-state index in [0.717, 1.165) is 64.6 Å². The number of methoxy groups -OCH3 is 2. The molecule has 4 amide bonds. The molecule has 56 heavy (non-hydrogen) atoms. The minimum Gasteiger partial charge on any atom is -0.453 e. The lowest BCUT2D eigenvalue weighted by molar-refractivity contribution is -0.136. The number of carbonyl (C=O) groups is 4. The lowest BCUT2D eigenvalue weighted by atomic mass is 10.0. The van der Waals surface area contributed by atoms with Gasteiger partial charge in [-0.25, -0.2) is 19.6 Å². The fourth-order valence-electron chi connectivity index (χ4n) is 7.53. The summed E-state index contributed by atoms with van der Waals surface area (Å²) in [5.74, 6) is 0.925. The summed E-state index contributed by atoms with van der Waals surface area (Å²) < 4.78 is 9.54. The Morgan fingerprint density at radius 3 is 1.61 bits per heavy atom. The van der Waals surface area contributed by atoms with E-state index in [0.29, 0.717) is 13.1 Å². The van der Waals surface area contributed by atoms with Crippen molar-refractivity contribution in [2.24, 2.45) is 11.8 Å². The number of nitrogens with one attached hydrogen (secondary N) is 4. The highest BCUT2D eigenvalue weighted by Gasteiger charge is 2.41. The van der Waals surface area contributed by atoms with E-state index in [9.17, 15) is 19.2 Å². The van der Waals surface area contributed by atoms with E-state index in [1.165, 1.54) is 14.2 Å². The molecule has 0 unspecified atom stereocenters.